The van der Waals surface area contributed by atoms with Gasteiger partial charge < -0.3 is 24.7 Å². The summed E-state index contributed by atoms with van der Waals surface area (Å²) < 4.78 is 15.1. The van der Waals surface area contributed by atoms with E-state index >= 15 is 0 Å². The summed E-state index contributed by atoms with van der Waals surface area (Å²) in [6.45, 7) is 1.47. The van der Waals surface area contributed by atoms with Crippen LogP contribution in [0.1, 0.15) is 42.1 Å². The van der Waals surface area contributed by atoms with Gasteiger partial charge in [0.25, 0.3) is 5.91 Å². The zero-order chi connectivity index (χ0) is 23.9. The van der Waals surface area contributed by atoms with Gasteiger partial charge in [0.15, 0.2) is 5.65 Å². The van der Waals surface area contributed by atoms with Crippen molar-refractivity contribution in [3.05, 3.63) is 42.4 Å². The Bertz CT molecular complexity index is 1390. The number of rotatable bonds is 6. The fraction of sp³-hybridized carbons (Fsp3) is 0.440. The summed E-state index contributed by atoms with van der Waals surface area (Å²) in [7, 11) is 3.51. The summed E-state index contributed by atoms with van der Waals surface area (Å²) in [5.74, 6) is 0.551. The Morgan fingerprint density at radius 2 is 2.17 bits per heavy atom. The lowest BCUT2D eigenvalue weighted by Gasteiger charge is -2.35. The summed E-state index contributed by atoms with van der Waals surface area (Å²) in [5.41, 5.74) is 3.57. The lowest BCUT2D eigenvalue weighted by atomic mass is 9.89. The molecule has 182 valence electrons. The van der Waals surface area contributed by atoms with Crippen molar-refractivity contribution < 1.29 is 14.3 Å². The Labute approximate surface area is 202 Å². The molecule has 2 N–H and O–H groups in total. The predicted molar refractivity (Wildman–Crippen MR) is 132 cm³/mol. The quantitative estimate of drug-likeness (QED) is 0.441. The molecule has 1 aliphatic carbocycles. The molecule has 4 aromatic rings. The number of aromatic nitrogens is 5. The van der Waals surface area contributed by atoms with E-state index in [9.17, 15) is 4.79 Å². The lowest BCUT2D eigenvalue weighted by Crippen LogP contribution is -2.51. The van der Waals surface area contributed by atoms with E-state index in [1.807, 2.05) is 25.4 Å². The number of methoxy groups -OCH3 is 1. The molecule has 1 saturated carbocycles. The summed E-state index contributed by atoms with van der Waals surface area (Å²) in [4.78, 5) is 22.8. The van der Waals surface area contributed by atoms with Gasteiger partial charge in [0.1, 0.15) is 17.0 Å². The number of ether oxygens (including phenoxy) is 2. The highest BCUT2D eigenvalue weighted by Gasteiger charge is 2.33. The molecular weight excluding hydrogens is 446 g/mol. The maximum absolute atomic E-state index is 13.1. The second-order valence-electron chi connectivity index (χ2n) is 9.20. The van der Waals surface area contributed by atoms with Crippen molar-refractivity contribution in [2.24, 2.45) is 0 Å². The van der Waals surface area contributed by atoms with E-state index in [2.05, 4.69) is 37.5 Å². The van der Waals surface area contributed by atoms with Crippen LogP contribution in [0.15, 0.2) is 36.8 Å². The average molecular weight is 476 g/mol. The summed E-state index contributed by atoms with van der Waals surface area (Å²) in [6, 6.07) is 6.20. The molecule has 6 rings (SSSR count). The highest BCUT2D eigenvalue weighted by molar-refractivity contribution is 6.01. The molecule has 2 aliphatic rings. The zero-order valence-electron chi connectivity index (χ0n) is 19.9. The molecule has 0 spiro atoms. The van der Waals surface area contributed by atoms with E-state index in [0.717, 1.165) is 60.4 Å². The second-order valence-corrected chi connectivity index (χ2v) is 9.20. The van der Waals surface area contributed by atoms with Gasteiger partial charge >= 0.3 is 0 Å². The maximum Gasteiger partial charge on any atom is 0.257 e. The van der Waals surface area contributed by atoms with Crippen molar-refractivity contribution in [2.45, 2.75) is 43.9 Å². The molecule has 5 heterocycles. The Hall–Kier alpha value is -3.50. The Morgan fingerprint density at radius 3 is 2.91 bits per heavy atom. The number of carbonyl (C=O) groups excluding carboxylic acids is 1. The van der Waals surface area contributed by atoms with E-state index in [4.69, 9.17) is 14.5 Å². The van der Waals surface area contributed by atoms with Crippen LogP contribution < -0.4 is 10.6 Å². The van der Waals surface area contributed by atoms with Crippen LogP contribution in [-0.4, -0.2) is 69.6 Å². The van der Waals surface area contributed by atoms with Gasteiger partial charge in [0.05, 0.1) is 36.7 Å². The molecule has 10 heteroatoms. The molecule has 0 aromatic carbocycles. The number of anilines is 1. The van der Waals surface area contributed by atoms with Crippen molar-refractivity contribution in [1.29, 1.82) is 0 Å². The zero-order valence-corrected chi connectivity index (χ0v) is 19.9. The van der Waals surface area contributed by atoms with Crippen molar-refractivity contribution in [2.75, 3.05) is 32.7 Å². The number of hydrogen-bond acceptors (Lipinski definition) is 7. The number of nitrogens with zero attached hydrogens (tertiary/aromatic N) is 5. The maximum atomic E-state index is 13.1. The molecule has 0 radical (unpaired) electrons. The van der Waals surface area contributed by atoms with Gasteiger partial charge in [-0.25, -0.2) is 9.97 Å². The predicted octanol–water partition coefficient (Wildman–Crippen LogP) is 3.05. The van der Waals surface area contributed by atoms with E-state index in [-0.39, 0.29) is 24.1 Å². The molecule has 1 amide bonds. The first-order valence-corrected chi connectivity index (χ1v) is 12.1. The van der Waals surface area contributed by atoms with E-state index < -0.39 is 0 Å². The van der Waals surface area contributed by atoms with Crippen LogP contribution >= 0.6 is 0 Å². The van der Waals surface area contributed by atoms with Gasteiger partial charge in [-0.2, -0.15) is 9.61 Å². The molecule has 3 atom stereocenters. The van der Waals surface area contributed by atoms with Gasteiger partial charge in [0, 0.05) is 50.2 Å². The van der Waals surface area contributed by atoms with Crippen LogP contribution in [0.4, 0.5) is 5.82 Å². The first kappa shape index (κ1) is 22.0. The van der Waals surface area contributed by atoms with E-state index in [1.54, 1.807) is 17.8 Å². The number of amides is 1. The third-order valence-corrected chi connectivity index (χ3v) is 7.20. The van der Waals surface area contributed by atoms with Crippen LogP contribution in [0.5, 0.6) is 0 Å². The highest BCUT2D eigenvalue weighted by atomic mass is 16.5. The average Bonchev–Trinajstić information content (AvgIpc) is 3.49. The number of carbonyl (C=O) groups is 1. The Kier molecular flexibility index (Phi) is 5.62. The van der Waals surface area contributed by atoms with Crippen molar-refractivity contribution in [1.82, 2.24) is 29.5 Å². The number of nitrogens with one attached hydrogen (secondary N) is 2. The van der Waals surface area contributed by atoms with Crippen molar-refractivity contribution in [3.63, 3.8) is 0 Å². The SMILES string of the molecule is CNc1cc(-c2cn([C@H]3CCCOC3)c3ncccc23)nc2c(C(=O)N[C@H]3CC[C@@H]3OC)cnn12. The Morgan fingerprint density at radius 1 is 1.26 bits per heavy atom. The van der Waals surface area contributed by atoms with Crippen LogP contribution in [-0.2, 0) is 9.47 Å². The molecule has 1 aliphatic heterocycles. The smallest absolute Gasteiger partial charge is 0.257 e. The fourth-order valence-corrected chi connectivity index (χ4v) is 5.11. The summed E-state index contributed by atoms with van der Waals surface area (Å²) >= 11 is 0. The first-order valence-electron chi connectivity index (χ1n) is 12.1. The van der Waals surface area contributed by atoms with Crippen LogP contribution in [0.25, 0.3) is 27.9 Å². The highest BCUT2D eigenvalue weighted by Crippen LogP contribution is 2.34. The second kappa shape index (κ2) is 8.94. The molecule has 2 fully saturated rings. The van der Waals surface area contributed by atoms with Gasteiger partial charge in [0.2, 0.25) is 0 Å². The third kappa shape index (κ3) is 3.73. The van der Waals surface area contributed by atoms with Gasteiger partial charge in [-0.1, -0.05) is 0 Å². The number of pyridine rings is 1. The van der Waals surface area contributed by atoms with Crippen LogP contribution in [0.3, 0.4) is 0 Å². The Balaban J connectivity index is 1.44. The van der Waals surface area contributed by atoms with Crippen molar-refractivity contribution >= 4 is 28.4 Å². The van der Waals surface area contributed by atoms with E-state index in [0.29, 0.717) is 17.8 Å². The molecule has 1 saturated heterocycles. The largest absolute Gasteiger partial charge is 0.379 e. The molecule has 0 unspecified atom stereocenters. The minimum atomic E-state index is -0.193. The molecule has 0 bridgehead atoms. The number of hydrogen-bond donors (Lipinski definition) is 2. The van der Waals surface area contributed by atoms with Gasteiger partial charge in [-0.05, 0) is 37.8 Å². The first-order chi connectivity index (χ1) is 17.2. The van der Waals surface area contributed by atoms with Crippen LogP contribution in [0, 0.1) is 0 Å². The lowest BCUT2D eigenvalue weighted by molar-refractivity contribution is 0.00732. The third-order valence-electron chi connectivity index (χ3n) is 7.20. The van der Waals surface area contributed by atoms with Gasteiger partial charge in [-0.15, -0.1) is 0 Å². The molecular formula is C25H29N7O3. The molecule has 35 heavy (non-hydrogen) atoms. The fourth-order valence-electron chi connectivity index (χ4n) is 5.11. The minimum absolute atomic E-state index is 0.0103. The number of fused-ring (bicyclic) bond motifs is 2. The normalized spacial score (nSPS) is 22.3. The molecule has 4 aromatic heterocycles. The van der Waals surface area contributed by atoms with E-state index in [1.165, 1.54) is 0 Å². The minimum Gasteiger partial charge on any atom is -0.379 e. The summed E-state index contributed by atoms with van der Waals surface area (Å²) in [5, 5.41) is 11.7. The van der Waals surface area contributed by atoms with Crippen molar-refractivity contribution in [3.8, 4) is 11.3 Å². The summed E-state index contributed by atoms with van der Waals surface area (Å²) in [6.07, 6.45) is 9.49. The standard InChI is InChI=1S/C25H29N7O3/c1-26-22-11-20(18-13-31(15-5-4-10-35-14-15)23-16(18)6-3-9-27-23)29-24-17(12-28-32(22)24)25(33)30-19-7-8-21(19)34-2/h3,6,9,11-13,15,19,21,26H,4-5,7-8,10,14H2,1-2H3,(H,30,33)/t15-,19-,21-/m0/s1. The molecule has 10 nitrogen and oxygen atoms in total. The van der Waals surface area contributed by atoms with Crippen LogP contribution in [0.2, 0.25) is 0 Å². The van der Waals surface area contributed by atoms with Gasteiger partial charge in [-0.3, -0.25) is 4.79 Å². The monoisotopic (exact) mass is 475 g/mol. The topological polar surface area (TPSA) is 108 Å².